The number of carbonyl (C=O) groups excluding carboxylic acids is 5. The Morgan fingerprint density at radius 3 is 2.30 bits per heavy atom. The number of aliphatic hydroxyl groups is 1. The van der Waals surface area contributed by atoms with Crippen LogP contribution in [0, 0.1) is 23.7 Å². The summed E-state index contributed by atoms with van der Waals surface area (Å²) >= 11 is 0. The van der Waals surface area contributed by atoms with Gasteiger partial charge in [0.15, 0.2) is 17.7 Å². The molecule has 7 rings (SSSR count). The van der Waals surface area contributed by atoms with Gasteiger partial charge in [0, 0.05) is 54.0 Å². The van der Waals surface area contributed by atoms with Crippen molar-refractivity contribution in [2.75, 3.05) is 26.0 Å². The number of Topliss-reactive ketones (excluding diaryl/α,β-unsaturated/α-hetero) is 1. The predicted molar refractivity (Wildman–Crippen MR) is 273 cm³/mol. The summed E-state index contributed by atoms with van der Waals surface area (Å²) in [4.78, 5) is 81.6. The number of ketones is 1. The lowest BCUT2D eigenvalue weighted by Gasteiger charge is -2.48. The number of hydrogen-bond acceptors (Lipinski definition) is 15. The van der Waals surface area contributed by atoms with Gasteiger partial charge >= 0.3 is 24.2 Å². The van der Waals surface area contributed by atoms with E-state index in [1.54, 1.807) is 85.1 Å². The summed E-state index contributed by atoms with van der Waals surface area (Å²) in [6.07, 6.45) is -1.93. The largest absolute Gasteiger partial charge is 0.458 e. The van der Waals surface area contributed by atoms with Crippen molar-refractivity contribution in [3.63, 3.8) is 0 Å². The van der Waals surface area contributed by atoms with Crippen LogP contribution in [0.2, 0.25) is 0 Å². The number of esters is 1. The molecule has 0 unspecified atom stereocenters. The molecule has 4 heterocycles. The third kappa shape index (κ3) is 12.5. The predicted octanol–water partition coefficient (Wildman–Crippen LogP) is 7.93. The Morgan fingerprint density at radius 1 is 0.918 bits per heavy atom. The van der Waals surface area contributed by atoms with E-state index in [2.05, 4.69) is 25.9 Å². The first kappa shape index (κ1) is 54.3. The van der Waals surface area contributed by atoms with E-state index in [-0.39, 0.29) is 25.2 Å². The average Bonchev–Trinajstić information content (AvgIpc) is 3.68. The molecule has 3 fully saturated rings. The molecule has 18 nitrogen and oxygen atoms in total. The van der Waals surface area contributed by atoms with Crippen molar-refractivity contribution in [1.82, 2.24) is 25.5 Å². The van der Waals surface area contributed by atoms with Crippen LogP contribution in [0.5, 0.6) is 0 Å². The second kappa shape index (κ2) is 23.2. The molecule has 1 aromatic heterocycles. The van der Waals surface area contributed by atoms with Crippen molar-refractivity contribution < 1.29 is 57.5 Å². The summed E-state index contributed by atoms with van der Waals surface area (Å²) in [6, 6.07) is 21.0. The number of nitrogens with zero attached hydrogens (tertiary/aromatic N) is 3. The van der Waals surface area contributed by atoms with E-state index < -0.39 is 108 Å². The Labute approximate surface area is 426 Å². The van der Waals surface area contributed by atoms with Gasteiger partial charge in [0.1, 0.15) is 35.8 Å². The fourth-order valence-electron chi connectivity index (χ4n) is 10.7. The number of carbonyl (C=O) groups is 5. The second-order valence-corrected chi connectivity index (χ2v) is 20.3. The number of ether oxygens (including phenoxy) is 6. The molecule has 18 heteroatoms. The van der Waals surface area contributed by atoms with E-state index >= 15 is 0 Å². The average molecular weight is 1010 g/mol. The Bertz CT molecular complexity index is 2620. The molecule has 4 aromatic rings. The van der Waals surface area contributed by atoms with Crippen LogP contribution in [0.3, 0.4) is 0 Å². The zero-order valence-electron chi connectivity index (χ0n) is 43.3. The van der Waals surface area contributed by atoms with Gasteiger partial charge in [-0.25, -0.2) is 24.4 Å². The van der Waals surface area contributed by atoms with Crippen LogP contribution in [-0.4, -0.2) is 131 Å². The van der Waals surface area contributed by atoms with Gasteiger partial charge in [-0.15, -0.1) is 0 Å². The van der Waals surface area contributed by atoms with Crippen LogP contribution in [0.1, 0.15) is 80.2 Å². The number of aliphatic hydroxyl groups excluding tert-OH is 1. The molecule has 0 aliphatic carbocycles. The Balaban J connectivity index is 1.27. The quantitative estimate of drug-likeness (QED) is 0.0827. The topological polar surface area (TPSA) is 226 Å². The lowest BCUT2D eigenvalue weighted by Crippen LogP contribution is -2.61. The van der Waals surface area contributed by atoms with E-state index in [0.29, 0.717) is 17.9 Å². The lowest BCUT2D eigenvalue weighted by molar-refractivity contribution is -0.298. The summed E-state index contributed by atoms with van der Waals surface area (Å²) in [5.41, 5.74) is -1.19. The van der Waals surface area contributed by atoms with Gasteiger partial charge in [0.2, 0.25) is 0 Å². The normalized spacial score (nSPS) is 32.2. The van der Waals surface area contributed by atoms with Crippen molar-refractivity contribution >= 4 is 52.6 Å². The van der Waals surface area contributed by atoms with Gasteiger partial charge < -0.3 is 49.1 Å². The van der Waals surface area contributed by atoms with Gasteiger partial charge in [0.05, 0.1) is 18.1 Å². The van der Waals surface area contributed by atoms with Gasteiger partial charge in [-0.2, -0.15) is 0 Å². The Kier molecular flexibility index (Phi) is 17.2. The zero-order chi connectivity index (χ0) is 52.8. The molecule has 73 heavy (non-hydrogen) atoms. The maximum absolute atomic E-state index is 14.8. The Hall–Kier alpha value is -6.47. The van der Waals surface area contributed by atoms with Crippen LogP contribution in [-0.2, 0) is 38.0 Å². The van der Waals surface area contributed by atoms with Gasteiger partial charge in [-0.1, -0.05) is 94.4 Å². The molecule has 3 aliphatic heterocycles. The highest BCUT2D eigenvalue weighted by atomic mass is 16.7. The number of amides is 3. The van der Waals surface area contributed by atoms with Gasteiger partial charge in [-0.05, 0) is 95.6 Å². The van der Waals surface area contributed by atoms with Crippen molar-refractivity contribution in [2.24, 2.45) is 23.7 Å². The van der Waals surface area contributed by atoms with E-state index in [0.717, 1.165) is 21.9 Å². The van der Waals surface area contributed by atoms with Crippen molar-refractivity contribution in [3.8, 4) is 11.4 Å². The number of alkyl carbamates (subject to hydrolysis) is 2. The van der Waals surface area contributed by atoms with Crippen molar-refractivity contribution in [3.05, 3.63) is 96.8 Å². The zero-order valence-corrected chi connectivity index (χ0v) is 43.3. The van der Waals surface area contributed by atoms with E-state index in [4.69, 9.17) is 28.4 Å². The fourth-order valence-corrected chi connectivity index (χ4v) is 10.7. The first-order valence-corrected chi connectivity index (χ1v) is 25.1. The highest BCUT2D eigenvalue weighted by molar-refractivity contribution is 5.91. The summed E-state index contributed by atoms with van der Waals surface area (Å²) in [5, 5.41) is 22.2. The van der Waals surface area contributed by atoms with Gasteiger partial charge in [0.25, 0.3) is 0 Å². The number of fused-ring (bicyclic) bond motifs is 2. The standard InChI is InChI=1S/C55H70N6O12/c1-11-42-55(8)46(60-53(67)73-55)33(4)43(62)31(2)30-54(7,72-51(65)58-25-14-16-36-19-21-38(22-20-36)48-56-26-15-27-57-48)47(71-50-44(63)41(61(9)10)28-32(3)68-50)34(5)45(35(6)49(64)69-42)70-52(66)59-40-24-23-37-17-12-13-18-39(37)29-40/h12-24,26-27,29,31-35,41-42,44-47,50,63H,11,25,28,30H2,1-10H3,(H,58,65)(H,59,66)(H,60,67)/b16-14+/t31-,32-,33+,34+,35-,41+,42-,44-,45+,46-,47-,50+,54-,55-/m1/s1. The number of anilines is 1. The number of likely N-dealkylation sites (N-methyl/N-ethyl adjacent to an activating group) is 1. The third-order valence-corrected chi connectivity index (χ3v) is 14.6. The number of aromatic nitrogens is 2. The summed E-state index contributed by atoms with van der Waals surface area (Å²) in [7, 11) is 3.67. The molecule has 3 aliphatic rings. The SMILES string of the molecule is CC[C@H]1OC(=O)[C@H](C)[C@@H](OC(=O)Nc2ccc3ccccc3c2)[C@H](C)[C@@H](O[C@@H]2O[C@H](C)C[C@H](N(C)C)[C@H]2O)[C@](C)(OC(=O)NC/C=C/c2ccc(-c3ncccn3)cc2)C[C@@H](C)C(=O)[C@H](C)[C@H]2NC(=O)O[C@@]21C. The van der Waals surface area contributed by atoms with E-state index in [1.165, 1.54) is 0 Å². The second-order valence-electron chi connectivity index (χ2n) is 20.3. The Morgan fingerprint density at radius 2 is 1.62 bits per heavy atom. The molecular formula is C55H70N6O12. The monoisotopic (exact) mass is 1010 g/mol. The molecule has 3 amide bonds. The van der Waals surface area contributed by atoms with Gasteiger partial charge in [-0.3, -0.25) is 14.9 Å². The molecule has 14 atom stereocenters. The third-order valence-electron chi connectivity index (χ3n) is 14.6. The molecule has 0 saturated carbocycles. The number of rotatable bonds is 11. The fraction of sp³-hybridized carbons (Fsp3) is 0.509. The highest BCUT2D eigenvalue weighted by Gasteiger charge is 2.58. The summed E-state index contributed by atoms with van der Waals surface area (Å²) < 4.78 is 38.2. The minimum atomic E-state index is -1.80. The first-order valence-electron chi connectivity index (χ1n) is 25.1. The maximum Gasteiger partial charge on any atom is 0.411 e. The minimum Gasteiger partial charge on any atom is -0.458 e. The van der Waals surface area contributed by atoms with E-state index in [1.807, 2.05) is 86.6 Å². The van der Waals surface area contributed by atoms with Crippen molar-refractivity contribution in [2.45, 2.75) is 135 Å². The molecular weight excluding hydrogens is 937 g/mol. The smallest absolute Gasteiger partial charge is 0.411 e. The van der Waals surface area contributed by atoms with Crippen LogP contribution < -0.4 is 16.0 Å². The molecule has 3 saturated heterocycles. The molecule has 3 aromatic carbocycles. The van der Waals surface area contributed by atoms with E-state index in [9.17, 15) is 29.1 Å². The first-order chi connectivity index (χ1) is 34.7. The highest BCUT2D eigenvalue weighted by Crippen LogP contribution is 2.42. The molecule has 392 valence electrons. The lowest BCUT2D eigenvalue weighted by atomic mass is 9.73. The number of hydrogen-bond donors (Lipinski definition) is 4. The molecule has 4 N–H and O–H groups in total. The van der Waals surface area contributed by atoms with Crippen molar-refractivity contribution in [1.29, 1.82) is 0 Å². The molecule has 0 spiro atoms. The number of benzene rings is 3. The number of nitrogens with one attached hydrogen (secondary N) is 3. The minimum absolute atomic E-state index is 0.0274. The molecule has 0 bridgehead atoms. The number of cyclic esters (lactones) is 1. The van der Waals surface area contributed by atoms with Crippen LogP contribution in [0.25, 0.3) is 28.2 Å². The summed E-state index contributed by atoms with van der Waals surface area (Å²) in [6.45, 7) is 13.5. The maximum atomic E-state index is 14.8. The summed E-state index contributed by atoms with van der Waals surface area (Å²) in [5.74, 6) is -4.64. The van der Waals surface area contributed by atoms with Crippen LogP contribution in [0.4, 0.5) is 20.1 Å². The van der Waals surface area contributed by atoms with Crippen LogP contribution in [0.15, 0.2) is 91.3 Å². The van der Waals surface area contributed by atoms with Crippen LogP contribution >= 0.6 is 0 Å². The molecule has 0 radical (unpaired) electrons.